The molecule has 1 aromatic rings. The predicted molar refractivity (Wildman–Crippen MR) is 76.0 cm³/mol. The topological polar surface area (TPSA) is 86.5 Å². The van der Waals surface area contributed by atoms with Crippen molar-refractivity contribution in [1.82, 2.24) is 0 Å². The maximum atomic E-state index is 12.2. The van der Waals surface area contributed by atoms with Crippen LogP contribution in [0.2, 0.25) is 0 Å². The van der Waals surface area contributed by atoms with Crippen molar-refractivity contribution in [3.8, 4) is 0 Å². The van der Waals surface area contributed by atoms with Gasteiger partial charge < -0.3 is 10.5 Å². The molecule has 0 saturated heterocycles. The van der Waals surface area contributed by atoms with E-state index in [2.05, 4.69) is 0 Å². The summed E-state index contributed by atoms with van der Waals surface area (Å²) >= 11 is 0. The Morgan fingerprint density at radius 1 is 1.30 bits per heavy atom. The van der Waals surface area contributed by atoms with E-state index in [1.165, 1.54) is 0 Å². The van der Waals surface area contributed by atoms with Crippen LogP contribution in [-0.4, -0.2) is 37.5 Å². The number of carbonyl (C=O) groups excluding carboxylic acids is 1. The van der Waals surface area contributed by atoms with Crippen LogP contribution in [0.25, 0.3) is 0 Å². The van der Waals surface area contributed by atoms with E-state index in [4.69, 9.17) is 10.5 Å². The lowest BCUT2D eigenvalue weighted by Gasteiger charge is -2.10. The first-order chi connectivity index (χ1) is 9.39. The molecule has 6 heteroatoms. The van der Waals surface area contributed by atoms with E-state index in [0.29, 0.717) is 0 Å². The van der Waals surface area contributed by atoms with E-state index in [1.54, 1.807) is 38.1 Å². The van der Waals surface area contributed by atoms with E-state index >= 15 is 0 Å². The SMILES string of the molecule is CCOC(=O)[C@]1(N)[C@H](c2ccccc2)[C@H]1S(=O)(=O)CC. The monoisotopic (exact) mass is 297 g/mol. The lowest BCUT2D eigenvalue weighted by atomic mass is 10.1. The average molecular weight is 297 g/mol. The number of rotatable bonds is 5. The fraction of sp³-hybridized carbons (Fsp3) is 0.500. The average Bonchev–Trinajstić information content (AvgIpc) is 3.09. The molecule has 2 N–H and O–H groups in total. The third-order valence-electron chi connectivity index (χ3n) is 3.76. The van der Waals surface area contributed by atoms with Crippen LogP contribution >= 0.6 is 0 Å². The van der Waals surface area contributed by atoms with Crippen molar-refractivity contribution in [1.29, 1.82) is 0 Å². The molecule has 1 aromatic carbocycles. The Bertz CT molecular complexity index is 599. The predicted octanol–water partition coefficient (Wildman–Crippen LogP) is 0.848. The maximum Gasteiger partial charge on any atom is 0.328 e. The van der Waals surface area contributed by atoms with Crippen molar-refractivity contribution >= 4 is 15.8 Å². The van der Waals surface area contributed by atoms with Crippen molar-refractivity contribution in [3.63, 3.8) is 0 Å². The van der Waals surface area contributed by atoms with Crippen molar-refractivity contribution in [2.45, 2.75) is 30.6 Å². The van der Waals surface area contributed by atoms with Crippen LogP contribution in [0.1, 0.15) is 25.3 Å². The molecule has 0 aliphatic heterocycles. The number of sulfone groups is 1. The Hall–Kier alpha value is -1.40. The van der Waals surface area contributed by atoms with Gasteiger partial charge in [0.1, 0.15) is 5.54 Å². The number of esters is 1. The lowest BCUT2D eigenvalue weighted by molar-refractivity contribution is -0.145. The Morgan fingerprint density at radius 2 is 1.90 bits per heavy atom. The molecule has 0 bridgehead atoms. The van der Waals surface area contributed by atoms with Gasteiger partial charge in [0.05, 0.1) is 11.9 Å². The van der Waals surface area contributed by atoms with Crippen molar-refractivity contribution < 1.29 is 17.9 Å². The van der Waals surface area contributed by atoms with Crippen molar-refractivity contribution in [2.24, 2.45) is 5.73 Å². The smallest absolute Gasteiger partial charge is 0.328 e. The molecule has 1 aliphatic carbocycles. The molecular formula is C14H19NO4S. The van der Waals surface area contributed by atoms with Gasteiger partial charge in [-0.1, -0.05) is 37.3 Å². The Morgan fingerprint density at radius 3 is 2.40 bits per heavy atom. The number of benzene rings is 1. The van der Waals surface area contributed by atoms with Gasteiger partial charge in [0.25, 0.3) is 0 Å². The molecule has 0 amide bonds. The summed E-state index contributed by atoms with van der Waals surface area (Å²) in [4.78, 5) is 12.1. The third-order valence-corrected chi connectivity index (χ3v) is 6.00. The van der Waals surface area contributed by atoms with Crippen LogP contribution < -0.4 is 5.73 Å². The van der Waals surface area contributed by atoms with Crippen LogP contribution in [0.15, 0.2) is 30.3 Å². The molecule has 3 atom stereocenters. The molecule has 20 heavy (non-hydrogen) atoms. The largest absolute Gasteiger partial charge is 0.465 e. The quantitative estimate of drug-likeness (QED) is 0.814. The number of hydrogen-bond acceptors (Lipinski definition) is 5. The number of nitrogens with two attached hydrogens (primary N) is 1. The first-order valence-corrected chi connectivity index (χ1v) is 8.33. The van der Waals surface area contributed by atoms with E-state index < -0.39 is 32.5 Å². The van der Waals surface area contributed by atoms with Crippen LogP contribution in [0, 0.1) is 0 Å². The summed E-state index contributed by atoms with van der Waals surface area (Å²) in [5, 5.41) is -0.901. The second-order valence-electron chi connectivity index (χ2n) is 4.91. The standard InChI is InChI=1S/C14H19NO4S/c1-3-19-13(16)14(15)11(10-8-6-5-7-9-10)12(14)20(17,18)4-2/h5-9,11-12H,3-4,15H2,1-2H3/t11-,12-,14+/m1/s1. The van der Waals surface area contributed by atoms with Gasteiger partial charge in [0.2, 0.25) is 0 Å². The van der Waals surface area contributed by atoms with Gasteiger partial charge in [-0.15, -0.1) is 0 Å². The van der Waals surface area contributed by atoms with Gasteiger partial charge in [-0.25, -0.2) is 13.2 Å². The summed E-state index contributed by atoms with van der Waals surface area (Å²) < 4.78 is 29.3. The molecule has 0 radical (unpaired) electrons. The van der Waals surface area contributed by atoms with E-state index in [9.17, 15) is 13.2 Å². The fourth-order valence-corrected chi connectivity index (χ4v) is 4.58. The minimum Gasteiger partial charge on any atom is -0.465 e. The molecule has 0 aromatic heterocycles. The number of ether oxygens (including phenoxy) is 1. The second kappa shape index (κ2) is 5.18. The summed E-state index contributed by atoms with van der Waals surface area (Å²) in [5.41, 5.74) is 5.39. The summed E-state index contributed by atoms with van der Waals surface area (Å²) in [6.07, 6.45) is 0. The minimum atomic E-state index is -3.42. The zero-order valence-electron chi connectivity index (χ0n) is 11.6. The second-order valence-corrected chi connectivity index (χ2v) is 7.32. The van der Waals surface area contributed by atoms with Crippen LogP contribution in [-0.2, 0) is 19.4 Å². The molecule has 1 saturated carbocycles. The molecule has 5 nitrogen and oxygen atoms in total. The maximum absolute atomic E-state index is 12.2. The van der Waals surface area contributed by atoms with Gasteiger partial charge in [-0.05, 0) is 12.5 Å². The zero-order chi connectivity index (χ0) is 15.0. The highest BCUT2D eigenvalue weighted by Crippen LogP contribution is 2.54. The van der Waals surface area contributed by atoms with Crippen LogP contribution in [0.3, 0.4) is 0 Å². The number of carbonyl (C=O) groups is 1. The molecule has 2 rings (SSSR count). The molecule has 110 valence electrons. The molecule has 0 spiro atoms. The van der Waals surface area contributed by atoms with Crippen LogP contribution in [0.5, 0.6) is 0 Å². The normalized spacial score (nSPS) is 28.9. The molecule has 0 heterocycles. The van der Waals surface area contributed by atoms with Crippen molar-refractivity contribution in [2.75, 3.05) is 12.4 Å². The first kappa shape index (κ1) is 15.0. The summed E-state index contributed by atoms with van der Waals surface area (Å²) in [6, 6.07) is 9.01. The van der Waals surface area contributed by atoms with E-state index in [1.807, 2.05) is 6.07 Å². The third kappa shape index (κ3) is 2.23. The number of hydrogen-bond donors (Lipinski definition) is 1. The molecule has 1 aliphatic rings. The Balaban J connectivity index is 2.42. The molecule has 0 unspecified atom stereocenters. The first-order valence-electron chi connectivity index (χ1n) is 6.62. The fourth-order valence-electron chi connectivity index (χ4n) is 2.67. The molecular weight excluding hydrogens is 278 g/mol. The van der Waals surface area contributed by atoms with Gasteiger partial charge in [-0.3, -0.25) is 0 Å². The Labute approximate surface area is 119 Å². The highest BCUT2D eigenvalue weighted by molar-refractivity contribution is 7.92. The summed E-state index contributed by atoms with van der Waals surface area (Å²) in [6.45, 7) is 3.41. The van der Waals surface area contributed by atoms with Gasteiger partial charge in [0.15, 0.2) is 9.84 Å². The van der Waals surface area contributed by atoms with Crippen LogP contribution in [0.4, 0.5) is 0 Å². The highest BCUT2D eigenvalue weighted by atomic mass is 32.2. The Kier molecular flexibility index (Phi) is 3.88. The lowest BCUT2D eigenvalue weighted by Crippen LogP contribution is -2.41. The zero-order valence-corrected chi connectivity index (χ0v) is 12.4. The summed E-state index contributed by atoms with van der Waals surface area (Å²) in [7, 11) is -3.42. The molecule has 1 fully saturated rings. The highest BCUT2D eigenvalue weighted by Gasteiger charge is 2.73. The van der Waals surface area contributed by atoms with Crippen molar-refractivity contribution in [3.05, 3.63) is 35.9 Å². The van der Waals surface area contributed by atoms with Gasteiger partial charge in [-0.2, -0.15) is 0 Å². The summed E-state index contributed by atoms with van der Waals surface area (Å²) in [5.74, 6) is -1.22. The minimum absolute atomic E-state index is 0.0423. The van der Waals surface area contributed by atoms with Gasteiger partial charge in [0, 0.05) is 11.7 Å². The van der Waals surface area contributed by atoms with E-state index in [-0.39, 0.29) is 12.4 Å². The van der Waals surface area contributed by atoms with E-state index in [0.717, 1.165) is 5.56 Å². The van der Waals surface area contributed by atoms with Gasteiger partial charge >= 0.3 is 5.97 Å².